The Bertz CT molecular complexity index is 764. The fourth-order valence-electron chi connectivity index (χ4n) is 2.42. The first-order chi connectivity index (χ1) is 10.9. The zero-order chi connectivity index (χ0) is 16.6. The number of alkyl halides is 3. The Hall–Kier alpha value is -2.32. The molecule has 0 bridgehead atoms. The molecule has 2 aromatic rings. The lowest BCUT2D eigenvalue weighted by atomic mass is 9.79. The maximum absolute atomic E-state index is 12.9. The SMILES string of the molecule is O=C(Nc1ccc2c(c1)B(O)OC2)c1ccccc1C(F)(F)F. The molecule has 1 amide bonds. The van der Waals surface area contributed by atoms with Gasteiger partial charge in [-0.15, -0.1) is 0 Å². The van der Waals surface area contributed by atoms with Gasteiger partial charge in [0.25, 0.3) is 5.91 Å². The number of hydrogen-bond donors (Lipinski definition) is 2. The van der Waals surface area contributed by atoms with Gasteiger partial charge in [0.1, 0.15) is 0 Å². The number of rotatable bonds is 2. The standard InChI is InChI=1S/C15H11BF3NO3/c17-15(18,19)12-4-2-1-3-11(12)14(21)20-10-6-5-9-8-23-16(22)13(9)7-10/h1-7,22H,8H2,(H,20,21). The van der Waals surface area contributed by atoms with Gasteiger partial charge in [0.05, 0.1) is 17.7 Å². The molecule has 0 unspecified atom stereocenters. The third kappa shape index (κ3) is 3.08. The van der Waals surface area contributed by atoms with E-state index in [4.69, 9.17) is 4.65 Å². The van der Waals surface area contributed by atoms with Crippen LogP contribution in [0.1, 0.15) is 21.5 Å². The molecule has 4 nitrogen and oxygen atoms in total. The highest BCUT2D eigenvalue weighted by Gasteiger charge is 2.35. The lowest BCUT2D eigenvalue weighted by Gasteiger charge is -2.13. The van der Waals surface area contributed by atoms with Crippen LogP contribution in [0.15, 0.2) is 42.5 Å². The molecule has 2 aromatic carbocycles. The fraction of sp³-hybridized carbons (Fsp3) is 0.133. The van der Waals surface area contributed by atoms with Gasteiger partial charge in [-0.3, -0.25) is 4.79 Å². The van der Waals surface area contributed by atoms with Crippen molar-refractivity contribution in [2.75, 3.05) is 5.32 Å². The second-order valence-corrected chi connectivity index (χ2v) is 5.07. The van der Waals surface area contributed by atoms with Crippen LogP contribution in [0.2, 0.25) is 0 Å². The molecule has 2 N–H and O–H groups in total. The third-order valence-electron chi connectivity index (χ3n) is 3.54. The molecular formula is C15H11BF3NO3. The molecule has 118 valence electrons. The van der Waals surface area contributed by atoms with Gasteiger partial charge in [-0.1, -0.05) is 18.2 Å². The highest BCUT2D eigenvalue weighted by molar-refractivity contribution is 6.61. The van der Waals surface area contributed by atoms with Crippen LogP contribution in [0.3, 0.4) is 0 Å². The van der Waals surface area contributed by atoms with Crippen molar-refractivity contribution < 1.29 is 27.6 Å². The zero-order valence-corrected chi connectivity index (χ0v) is 11.7. The molecule has 0 radical (unpaired) electrons. The van der Waals surface area contributed by atoms with E-state index in [9.17, 15) is 23.0 Å². The number of carbonyl (C=O) groups excluding carboxylic acids is 1. The van der Waals surface area contributed by atoms with Gasteiger partial charge in [-0.2, -0.15) is 13.2 Å². The summed E-state index contributed by atoms with van der Waals surface area (Å²) in [6.07, 6.45) is -4.62. The third-order valence-corrected chi connectivity index (χ3v) is 3.54. The van der Waals surface area contributed by atoms with E-state index in [1.54, 1.807) is 12.1 Å². The number of benzene rings is 2. The summed E-state index contributed by atoms with van der Waals surface area (Å²) >= 11 is 0. The van der Waals surface area contributed by atoms with Crippen molar-refractivity contribution >= 4 is 24.2 Å². The molecular weight excluding hydrogens is 310 g/mol. The van der Waals surface area contributed by atoms with E-state index in [2.05, 4.69) is 5.32 Å². The molecule has 0 atom stereocenters. The second kappa shape index (κ2) is 5.71. The molecule has 0 fully saturated rings. The summed E-state index contributed by atoms with van der Waals surface area (Å²) in [6.45, 7) is 0.252. The Morgan fingerprint density at radius 2 is 1.96 bits per heavy atom. The lowest BCUT2D eigenvalue weighted by molar-refractivity contribution is -0.137. The van der Waals surface area contributed by atoms with Crippen molar-refractivity contribution in [1.29, 1.82) is 0 Å². The van der Waals surface area contributed by atoms with E-state index in [0.29, 0.717) is 5.46 Å². The molecule has 0 aliphatic carbocycles. The predicted octanol–water partition coefficient (Wildman–Crippen LogP) is 2.18. The van der Waals surface area contributed by atoms with Crippen molar-refractivity contribution in [3.05, 3.63) is 59.2 Å². The normalized spacial score (nSPS) is 13.8. The van der Waals surface area contributed by atoms with Crippen LogP contribution >= 0.6 is 0 Å². The number of fused-ring (bicyclic) bond motifs is 1. The highest BCUT2D eigenvalue weighted by atomic mass is 19.4. The summed E-state index contributed by atoms with van der Waals surface area (Å²) in [5.74, 6) is -0.869. The van der Waals surface area contributed by atoms with Crippen molar-refractivity contribution in [3.8, 4) is 0 Å². The van der Waals surface area contributed by atoms with E-state index in [1.165, 1.54) is 18.2 Å². The Balaban J connectivity index is 1.88. The topological polar surface area (TPSA) is 58.6 Å². The lowest BCUT2D eigenvalue weighted by Crippen LogP contribution is -2.28. The minimum absolute atomic E-state index is 0.252. The van der Waals surface area contributed by atoms with Crippen molar-refractivity contribution in [2.24, 2.45) is 0 Å². The van der Waals surface area contributed by atoms with Gasteiger partial charge in [0, 0.05) is 5.69 Å². The monoisotopic (exact) mass is 321 g/mol. The summed E-state index contributed by atoms with van der Waals surface area (Å²) in [5, 5.41) is 12.0. The maximum Gasteiger partial charge on any atom is 0.491 e. The van der Waals surface area contributed by atoms with Crippen LogP contribution in [0.5, 0.6) is 0 Å². The first-order valence-corrected chi connectivity index (χ1v) is 6.76. The Kier molecular flexibility index (Phi) is 3.87. The number of nitrogens with one attached hydrogen (secondary N) is 1. The van der Waals surface area contributed by atoms with Crippen LogP contribution in [0.25, 0.3) is 0 Å². The van der Waals surface area contributed by atoms with Gasteiger partial charge in [-0.25, -0.2) is 0 Å². The quantitative estimate of drug-likeness (QED) is 0.834. The van der Waals surface area contributed by atoms with Crippen LogP contribution in [-0.2, 0) is 17.4 Å². The predicted molar refractivity (Wildman–Crippen MR) is 78.2 cm³/mol. The van der Waals surface area contributed by atoms with Crippen molar-refractivity contribution in [2.45, 2.75) is 12.8 Å². The Labute approximate surface area is 130 Å². The van der Waals surface area contributed by atoms with Gasteiger partial charge in [0.15, 0.2) is 0 Å². The second-order valence-electron chi connectivity index (χ2n) is 5.07. The largest absolute Gasteiger partial charge is 0.491 e. The average Bonchev–Trinajstić information content (AvgIpc) is 2.87. The van der Waals surface area contributed by atoms with E-state index < -0.39 is 30.3 Å². The summed E-state index contributed by atoms with van der Waals surface area (Å²) in [5.41, 5.74) is 0.0905. The number of carbonyl (C=O) groups is 1. The van der Waals surface area contributed by atoms with Gasteiger partial charge >= 0.3 is 13.3 Å². The minimum Gasteiger partial charge on any atom is -0.423 e. The summed E-state index contributed by atoms with van der Waals surface area (Å²) < 4.78 is 43.9. The van der Waals surface area contributed by atoms with Gasteiger partial charge in [-0.05, 0) is 35.3 Å². The van der Waals surface area contributed by atoms with E-state index >= 15 is 0 Å². The fourth-order valence-corrected chi connectivity index (χ4v) is 2.42. The molecule has 3 rings (SSSR count). The van der Waals surface area contributed by atoms with Crippen LogP contribution in [0.4, 0.5) is 18.9 Å². The summed E-state index contributed by atoms with van der Waals surface area (Å²) in [7, 11) is -1.09. The van der Waals surface area contributed by atoms with E-state index in [1.807, 2.05) is 0 Å². The van der Waals surface area contributed by atoms with E-state index in [0.717, 1.165) is 17.7 Å². The molecule has 0 aromatic heterocycles. The van der Waals surface area contributed by atoms with Crippen LogP contribution < -0.4 is 10.8 Å². The number of hydrogen-bond acceptors (Lipinski definition) is 3. The average molecular weight is 321 g/mol. The Morgan fingerprint density at radius 3 is 2.70 bits per heavy atom. The number of amides is 1. The van der Waals surface area contributed by atoms with E-state index in [-0.39, 0.29) is 12.3 Å². The van der Waals surface area contributed by atoms with Crippen LogP contribution in [0, 0.1) is 0 Å². The maximum atomic E-state index is 12.9. The Morgan fingerprint density at radius 1 is 1.22 bits per heavy atom. The minimum atomic E-state index is -4.62. The zero-order valence-electron chi connectivity index (χ0n) is 11.7. The molecule has 1 aliphatic rings. The first kappa shape index (κ1) is 15.6. The molecule has 1 aliphatic heterocycles. The van der Waals surface area contributed by atoms with Crippen molar-refractivity contribution in [1.82, 2.24) is 0 Å². The smallest absolute Gasteiger partial charge is 0.423 e. The highest BCUT2D eigenvalue weighted by Crippen LogP contribution is 2.32. The number of halogens is 3. The molecule has 23 heavy (non-hydrogen) atoms. The van der Waals surface area contributed by atoms with Crippen molar-refractivity contribution in [3.63, 3.8) is 0 Å². The first-order valence-electron chi connectivity index (χ1n) is 6.76. The number of anilines is 1. The molecule has 1 heterocycles. The summed E-state index contributed by atoms with van der Waals surface area (Å²) in [4.78, 5) is 12.2. The summed E-state index contributed by atoms with van der Waals surface area (Å²) in [6, 6.07) is 9.25. The van der Waals surface area contributed by atoms with Gasteiger partial charge in [0.2, 0.25) is 0 Å². The van der Waals surface area contributed by atoms with Gasteiger partial charge < -0.3 is 15.0 Å². The molecule has 0 saturated heterocycles. The molecule has 0 saturated carbocycles. The molecule has 0 spiro atoms. The molecule has 8 heteroatoms. The van der Waals surface area contributed by atoms with Crippen LogP contribution in [-0.4, -0.2) is 18.0 Å².